The normalized spacial score (nSPS) is 18.5. The summed E-state index contributed by atoms with van der Waals surface area (Å²) in [6.07, 6.45) is 3.79. The molecule has 3 aromatic rings. The van der Waals surface area contributed by atoms with Crippen LogP contribution in [0.4, 0.5) is 10.1 Å². The molecule has 1 amide bonds. The minimum atomic E-state index is -0.782. The molecule has 0 aliphatic carbocycles. The maximum absolute atomic E-state index is 14.5. The molecule has 1 unspecified atom stereocenters. The van der Waals surface area contributed by atoms with Gasteiger partial charge in [0.05, 0.1) is 11.7 Å². The second kappa shape index (κ2) is 8.19. The SMILES string of the molecule is CC1(c2cc(NC(=O)c3ccc(Oc4cccnc4)o3)ccc2F)CCSC(N)=N1. The van der Waals surface area contributed by atoms with Gasteiger partial charge in [-0.15, -0.1) is 0 Å². The summed E-state index contributed by atoms with van der Waals surface area (Å²) in [4.78, 5) is 20.9. The molecule has 0 saturated carbocycles. The molecule has 1 aliphatic rings. The zero-order chi connectivity index (χ0) is 21.1. The molecular formula is C21H19FN4O3S. The topological polar surface area (TPSA) is 103 Å². The average molecular weight is 426 g/mol. The molecule has 2 aromatic heterocycles. The van der Waals surface area contributed by atoms with Gasteiger partial charge in [0, 0.05) is 29.3 Å². The van der Waals surface area contributed by atoms with E-state index in [0.29, 0.717) is 28.6 Å². The van der Waals surface area contributed by atoms with Crippen molar-refractivity contribution in [3.8, 4) is 11.7 Å². The molecular weight excluding hydrogens is 407 g/mol. The van der Waals surface area contributed by atoms with Crippen LogP contribution in [0.25, 0.3) is 0 Å². The van der Waals surface area contributed by atoms with Gasteiger partial charge < -0.3 is 20.2 Å². The smallest absolute Gasteiger partial charge is 0.291 e. The zero-order valence-corrected chi connectivity index (χ0v) is 16.9. The summed E-state index contributed by atoms with van der Waals surface area (Å²) in [5.74, 6) is 0.562. The minimum absolute atomic E-state index is 0.0577. The largest absolute Gasteiger partial charge is 0.424 e. The first-order valence-corrected chi connectivity index (χ1v) is 10.2. The lowest BCUT2D eigenvalue weighted by Crippen LogP contribution is -2.29. The van der Waals surface area contributed by atoms with E-state index in [0.717, 1.165) is 5.75 Å². The van der Waals surface area contributed by atoms with E-state index < -0.39 is 17.3 Å². The second-order valence-corrected chi connectivity index (χ2v) is 8.00. The van der Waals surface area contributed by atoms with Crippen molar-refractivity contribution >= 4 is 28.5 Å². The number of nitrogens with zero attached hydrogens (tertiary/aromatic N) is 2. The number of aliphatic imine (C=N–C) groups is 1. The molecule has 0 fully saturated rings. The number of amidine groups is 1. The molecule has 0 saturated heterocycles. The third-order valence-electron chi connectivity index (χ3n) is 4.66. The number of nitrogens with one attached hydrogen (secondary N) is 1. The van der Waals surface area contributed by atoms with Gasteiger partial charge >= 0.3 is 0 Å². The highest BCUT2D eigenvalue weighted by Crippen LogP contribution is 2.37. The number of carbonyl (C=O) groups is 1. The van der Waals surface area contributed by atoms with Crippen LogP contribution in [-0.4, -0.2) is 21.8 Å². The van der Waals surface area contributed by atoms with Gasteiger partial charge in [0.1, 0.15) is 11.6 Å². The van der Waals surface area contributed by atoms with Crippen molar-refractivity contribution in [3.63, 3.8) is 0 Å². The lowest BCUT2D eigenvalue weighted by Gasteiger charge is -2.30. The van der Waals surface area contributed by atoms with E-state index >= 15 is 0 Å². The van der Waals surface area contributed by atoms with Crippen LogP contribution in [-0.2, 0) is 5.54 Å². The van der Waals surface area contributed by atoms with Gasteiger partial charge in [0.25, 0.3) is 11.9 Å². The first kappa shape index (κ1) is 20.0. The van der Waals surface area contributed by atoms with Gasteiger partial charge in [0.15, 0.2) is 10.9 Å². The zero-order valence-electron chi connectivity index (χ0n) is 16.1. The highest BCUT2D eigenvalue weighted by molar-refractivity contribution is 8.13. The Morgan fingerprint density at radius 2 is 2.20 bits per heavy atom. The van der Waals surface area contributed by atoms with Crippen LogP contribution in [0.5, 0.6) is 11.7 Å². The summed E-state index contributed by atoms with van der Waals surface area (Å²) in [5, 5.41) is 3.14. The monoisotopic (exact) mass is 426 g/mol. The molecule has 1 aromatic carbocycles. The van der Waals surface area contributed by atoms with Gasteiger partial charge in [0.2, 0.25) is 0 Å². The predicted molar refractivity (Wildman–Crippen MR) is 113 cm³/mol. The Morgan fingerprint density at radius 1 is 1.33 bits per heavy atom. The maximum Gasteiger partial charge on any atom is 0.291 e. The van der Waals surface area contributed by atoms with Crippen molar-refractivity contribution in [1.29, 1.82) is 0 Å². The van der Waals surface area contributed by atoms with Crippen LogP contribution in [0.3, 0.4) is 0 Å². The Morgan fingerprint density at radius 3 is 2.97 bits per heavy atom. The first-order valence-electron chi connectivity index (χ1n) is 9.20. The molecule has 154 valence electrons. The number of pyridine rings is 1. The Hall–Kier alpha value is -3.33. The number of halogens is 1. The fourth-order valence-electron chi connectivity index (χ4n) is 3.11. The quantitative estimate of drug-likeness (QED) is 0.622. The van der Waals surface area contributed by atoms with Crippen molar-refractivity contribution in [2.45, 2.75) is 18.9 Å². The number of hydrogen-bond acceptors (Lipinski definition) is 7. The number of rotatable bonds is 5. The third-order valence-corrected chi connectivity index (χ3v) is 5.45. The predicted octanol–water partition coefficient (Wildman–Crippen LogP) is 4.53. The van der Waals surface area contributed by atoms with Crippen molar-refractivity contribution in [1.82, 2.24) is 4.98 Å². The molecule has 30 heavy (non-hydrogen) atoms. The average Bonchev–Trinajstić information content (AvgIpc) is 3.18. The molecule has 0 radical (unpaired) electrons. The Labute approximate surface area is 176 Å². The molecule has 4 rings (SSSR count). The highest BCUT2D eigenvalue weighted by Gasteiger charge is 2.32. The van der Waals surface area contributed by atoms with Crippen LogP contribution in [0, 0.1) is 5.82 Å². The first-order chi connectivity index (χ1) is 14.4. The van der Waals surface area contributed by atoms with E-state index in [4.69, 9.17) is 14.9 Å². The van der Waals surface area contributed by atoms with E-state index in [9.17, 15) is 9.18 Å². The van der Waals surface area contributed by atoms with Crippen molar-refractivity contribution in [3.05, 3.63) is 72.0 Å². The number of ether oxygens (including phenoxy) is 1. The molecule has 7 nitrogen and oxygen atoms in total. The van der Waals surface area contributed by atoms with Gasteiger partial charge in [-0.2, -0.15) is 0 Å². The number of amides is 1. The molecule has 0 bridgehead atoms. The van der Waals surface area contributed by atoms with Gasteiger partial charge in [-0.3, -0.25) is 14.8 Å². The summed E-state index contributed by atoms with van der Waals surface area (Å²) in [6.45, 7) is 1.83. The molecule has 0 spiro atoms. The maximum atomic E-state index is 14.5. The van der Waals surface area contributed by atoms with Crippen LogP contribution in [0.15, 0.2) is 64.3 Å². The van der Waals surface area contributed by atoms with Crippen molar-refractivity contribution < 1.29 is 18.3 Å². The third kappa shape index (κ3) is 4.30. The highest BCUT2D eigenvalue weighted by atomic mass is 32.2. The Balaban J connectivity index is 1.51. The second-order valence-electron chi connectivity index (χ2n) is 6.88. The summed E-state index contributed by atoms with van der Waals surface area (Å²) in [6, 6.07) is 10.8. The Bertz CT molecular complexity index is 1100. The van der Waals surface area contributed by atoms with Gasteiger partial charge in [-0.25, -0.2) is 4.39 Å². The van der Waals surface area contributed by atoms with E-state index in [-0.39, 0.29) is 11.7 Å². The van der Waals surface area contributed by atoms with E-state index in [2.05, 4.69) is 15.3 Å². The summed E-state index contributed by atoms with van der Waals surface area (Å²) < 4.78 is 25.5. The number of benzene rings is 1. The lowest BCUT2D eigenvalue weighted by atomic mass is 9.89. The van der Waals surface area contributed by atoms with E-state index in [1.54, 1.807) is 24.4 Å². The fourth-order valence-corrected chi connectivity index (χ4v) is 4.08. The van der Waals surface area contributed by atoms with Gasteiger partial charge in [-0.1, -0.05) is 11.8 Å². The van der Waals surface area contributed by atoms with Crippen LogP contribution in [0.2, 0.25) is 0 Å². The molecule has 1 atom stereocenters. The summed E-state index contributed by atoms with van der Waals surface area (Å²) in [7, 11) is 0. The number of aromatic nitrogens is 1. The number of thioether (sulfide) groups is 1. The molecule has 3 N–H and O–H groups in total. The summed E-state index contributed by atoms with van der Waals surface area (Å²) in [5.41, 5.74) is 5.87. The number of furan rings is 1. The number of carbonyl (C=O) groups excluding carboxylic acids is 1. The summed E-state index contributed by atoms with van der Waals surface area (Å²) >= 11 is 1.44. The van der Waals surface area contributed by atoms with Gasteiger partial charge in [-0.05, 0) is 49.7 Å². The molecule has 9 heteroatoms. The van der Waals surface area contributed by atoms with Crippen molar-refractivity contribution in [2.24, 2.45) is 10.7 Å². The number of hydrogen-bond donors (Lipinski definition) is 2. The standard InChI is InChI=1S/C21H19FN4O3S/c1-21(8-10-30-20(23)26-21)15-11-13(4-5-16(15)22)25-19(27)17-6-7-18(29-17)28-14-3-2-9-24-12-14/h2-7,9,11-12H,8,10H2,1H3,(H2,23,26)(H,25,27). The van der Waals surface area contributed by atoms with Crippen LogP contribution < -0.4 is 15.8 Å². The van der Waals surface area contributed by atoms with Crippen LogP contribution in [0.1, 0.15) is 29.5 Å². The molecule has 3 heterocycles. The van der Waals surface area contributed by atoms with Crippen LogP contribution >= 0.6 is 11.8 Å². The molecule has 1 aliphatic heterocycles. The number of anilines is 1. The van der Waals surface area contributed by atoms with E-state index in [1.807, 2.05) is 6.92 Å². The van der Waals surface area contributed by atoms with Crippen molar-refractivity contribution in [2.75, 3.05) is 11.1 Å². The lowest BCUT2D eigenvalue weighted by molar-refractivity contribution is 0.0991. The minimum Gasteiger partial charge on any atom is -0.424 e. The number of nitrogens with two attached hydrogens (primary N) is 1. The van der Waals surface area contributed by atoms with E-state index in [1.165, 1.54) is 42.2 Å². The fraction of sp³-hybridized carbons (Fsp3) is 0.190. The Kier molecular flexibility index (Phi) is 5.45.